The molecule has 0 saturated heterocycles. The van der Waals surface area contributed by atoms with E-state index in [1.54, 1.807) is 6.92 Å². The van der Waals surface area contributed by atoms with Gasteiger partial charge in [-0.2, -0.15) is 0 Å². The Kier molecular flexibility index (Phi) is 3.81. The van der Waals surface area contributed by atoms with Gasteiger partial charge in [-0.1, -0.05) is 33.2 Å². The maximum absolute atomic E-state index is 11.9. The maximum atomic E-state index is 11.9. The van der Waals surface area contributed by atoms with E-state index >= 15 is 0 Å². The lowest BCUT2D eigenvalue weighted by Gasteiger charge is -2.13. The van der Waals surface area contributed by atoms with Gasteiger partial charge in [0, 0.05) is 10.0 Å². The first kappa shape index (κ1) is 12.8. The Hall–Kier alpha value is -1.62. The average Bonchev–Trinajstić information content (AvgIpc) is 2.76. The third-order valence-corrected chi connectivity index (χ3v) is 3.20. The third kappa shape index (κ3) is 2.79. The molecule has 1 aromatic carbocycles. The van der Waals surface area contributed by atoms with Crippen LogP contribution in [0.5, 0.6) is 0 Å². The molecule has 0 aliphatic carbocycles. The van der Waals surface area contributed by atoms with Gasteiger partial charge in [0.1, 0.15) is 0 Å². The number of aryl methyl sites for hydroxylation is 1. The summed E-state index contributed by atoms with van der Waals surface area (Å²) in [6.07, 6.45) is 1.53. The predicted octanol–water partition coefficient (Wildman–Crippen LogP) is 3.24. The van der Waals surface area contributed by atoms with Gasteiger partial charge in [0.15, 0.2) is 0 Å². The highest BCUT2D eigenvalue weighted by atomic mass is 79.9. The summed E-state index contributed by atoms with van der Waals surface area (Å²) in [6, 6.07) is 7.72. The number of carbonyl (C=O) groups is 1. The SMILES string of the molecule is Cc1cnoc1C(=O)NC(C)c1ccc(Br)cc1. The molecule has 18 heavy (non-hydrogen) atoms. The van der Waals surface area contributed by atoms with E-state index in [1.807, 2.05) is 31.2 Å². The molecule has 1 aromatic heterocycles. The summed E-state index contributed by atoms with van der Waals surface area (Å²) in [5.41, 5.74) is 1.76. The molecule has 0 saturated carbocycles. The van der Waals surface area contributed by atoms with Crippen LogP contribution in [0, 0.1) is 6.92 Å². The highest BCUT2D eigenvalue weighted by Crippen LogP contribution is 2.17. The summed E-state index contributed by atoms with van der Waals surface area (Å²) in [5.74, 6) is 0.0133. The normalized spacial score (nSPS) is 12.2. The van der Waals surface area contributed by atoms with Gasteiger partial charge in [0.25, 0.3) is 5.91 Å². The topological polar surface area (TPSA) is 55.1 Å². The van der Waals surface area contributed by atoms with Gasteiger partial charge in [-0.25, -0.2) is 0 Å². The Balaban J connectivity index is 2.08. The number of nitrogens with zero attached hydrogens (tertiary/aromatic N) is 1. The number of hydrogen-bond donors (Lipinski definition) is 1. The lowest BCUT2D eigenvalue weighted by atomic mass is 10.1. The van der Waals surface area contributed by atoms with Gasteiger partial charge >= 0.3 is 0 Å². The summed E-state index contributed by atoms with van der Waals surface area (Å²) in [4.78, 5) is 11.9. The molecule has 4 nitrogen and oxygen atoms in total. The highest BCUT2D eigenvalue weighted by Gasteiger charge is 2.16. The number of nitrogens with one attached hydrogen (secondary N) is 1. The van der Waals surface area contributed by atoms with Gasteiger partial charge < -0.3 is 9.84 Å². The number of benzene rings is 1. The Morgan fingerprint density at radius 2 is 2.06 bits per heavy atom. The van der Waals surface area contributed by atoms with E-state index in [-0.39, 0.29) is 17.7 Å². The summed E-state index contributed by atoms with van der Waals surface area (Å²) < 4.78 is 5.92. The number of aromatic nitrogens is 1. The van der Waals surface area contributed by atoms with Crippen LogP contribution in [0.4, 0.5) is 0 Å². The molecule has 0 fully saturated rings. The zero-order valence-corrected chi connectivity index (χ0v) is 11.7. The van der Waals surface area contributed by atoms with Gasteiger partial charge in [-0.05, 0) is 31.5 Å². The minimum absolute atomic E-state index is 0.0879. The van der Waals surface area contributed by atoms with Crippen LogP contribution in [0.15, 0.2) is 39.5 Å². The Labute approximate surface area is 113 Å². The van der Waals surface area contributed by atoms with Gasteiger partial charge in [-0.15, -0.1) is 0 Å². The van der Waals surface area contributed by atoms with Crippen LogP contribution < -0.4 is 5.32 Å². The van der Waals surface area contributed by atoms with Crippen molar-refractivity contribution in [3.05, 3.63) is 51.8 Å². The van der Waals surface area contributed by atoms with Crippen LogP contribution >= 0.6 is 15.9 Å². The Morgan fingerprint density at radius 3 is 2.61 bits per heavy atom. The van der Waals surface area contributed by atoms with Crippen molar-refractivity contribution in [3.8, 4) is 0 Å². The maximum Gasteiger partial charge on any atom is 0.290 e. The van der Waals surface area contributed by atoms with Crippen molar-refractivity contribution in [1.29, 1.82) is 0 Å². The minimum Gasteiger partial charge on any atom is -0.351 e. The highest BCUT2D eigenvalue weighted by molar-refractivity contribution is 9.10. The second kappa shape index (κ2) is 5.35. The summed E-state index contributed by atoms with van der Waals surface area (Å²) >= 11 is 3.38. The number of hydrogen-bond acceptors (Lipinski definition) is 3. The molecule has 0 aliphatic rings. The van der Waals surface area contributed by atoms with Crippen LogP contribution in [0.25, 0.3) is 0 Å². The van der Waals surface area contributed by atoms with Gasteiger partial charge in [0.2, 0.25) is 5.76 Å². The van der Waals surface area contributed by atoms with Crippen LogP contribution in [-0.2, 0) is 0 Å². The lowest BCUT2D eigenvalue weighted by molar-refractivity contribution is 0.0901. The standard InChI is InChI=1S/C13H13BrN2O2/c1-8-7-15-18-12(8)13(17)16-9(2)10-3-5-11(14)6-4-10/h3-7,9H,1-2H3,(H,16,17). The largest absolute Gasteiger partial charge is 0.351 e. The molecule has 94 valence electrons. The minimum atomic E-state index is -0.250. The smallest absolute Gasteiger partial charge is 0.290 e. The summed E-state index contributed by atoms with van der Waals surface area (Å²) in [6.45, 7) is 3.71. The molecule has 1 amide bonds. The van der Waals surface area contributed by atoms with Crippen molar-refractivity contribution >= 4 is 21.8 Å². The molecular formula is C13H13BrN2O2. The molecule has 2 aromatic rings. The van der Waals surface area contributed by atoms with E-state index in [0.717, 1.165) is 15.6 Å². The van der Waals surface area contributed by atoms with E-state index in [0.29, 0.717) is 0 Å². The van der Waals surface area contributed by atoms with Crippen molar-refractivity contribution < 1.29 is 9.32 Å². The quantitative estimate of drug-likeness (QED) is 0.947. The van der Waals surface area contributed by atoms with Crippen molar-refractivity contribution in [1.82, 2.24) is 10.5 Å². The fourth-order valence-electron chi connectivity index (χ4n) is 1.61. The first-order chi connectivity index (χ1) is 8.58. The van der Waals surface area contributed by atoms with Crippen molar-refractivity contribution in [2.75, 3.05) is 0 Å². The molecule has 1 N–H and O–H groups in total. The van der Waals surface area contributed by atoms with Crippen LogP contribution in [0.3, 0.4) is 0 Å². The molecule has 1 unspecified atom stereocenters. The average molecular weight is 309 g/mol. The van der Waals surface area contributed by atoms with Crippen molar-refractivity contribution in [3.63, 3.8) is 0 Å². The zero-order chi connectivity index (χ0) is 13.1. The molecule has 1 atom stereocenters. The molecule has 0 bridgehead atoms. The second-order valence-corrected chi connectivity index (χ2v) is 5.00. The Bertz CT molecular complexity index is 548. The predicted molar refractivity (Wildman–Crippen MR) is 71.3 cm³/mol. The molecule has 0 spiro atoms. The van der Waals surface area contributed by atoms with Crippen LogP contribution in [0.2, 0.25) is 0 Å². The fraction of sp³-hybridized carbons (Fsp3) is 0.231. The number of carbonyl (C=O) groups excluding carboxylic acids is 1. The van der Waals surface area contributed by atoms with Crippen molar-refractivity contribution in [2.45, 2.75) is 19.9 Å². The fourth-order valence-corrected chi connectivity index (χ4v) is 1.87. The molecule has 5 heteroatoms. The van der Waals surface area contributed by atoms with E-state index in [9.17, 15) is 4.79 Å². The van der Waals surface area contributed by atoms with E-state index in [4.69, 9.17) is 4.52 Å². The summed E-state index contributed by atoms with van der Waals surface area (Å²) in [5, 5.41) is 6.46. The number of amides is 1. The first-order valence-electron chi connectivity index (χ1n) is 5.55. The number of halogens is 1. The zero-order valence-electron chi connectivity index (χ0n) is 10.1. The Morgan fingerprint density at radius 1 is 1.39 bits per heavy atom. The molecule has 0 radical (unpaired) electrons. The first-order valence-corrected chi connectivity index (χ1v) is 6.35. The van der Waals surface area contributed by atoms with E-state index in [1.165, 1.54) is 6.20 Å². The number of rotatable bonds is 3. The summed E-state index contributed by atoms with van der Waals surface area (Å²) in [7, 11) is 0. The monoisotopic (exact) mass is 308 g/mol. The van der Waals surface area contributed by atoms with Crippen LogP contribution in [0.1, 0.15) is 34.6 Å². The third-order valence-electron chi connectivity index (χ3n) is 2.67. The molecule has 0 aliphatic heterocycles. The molecule has 1 heterocycles. The second-order valence-electron chi connectivity index (χ2n) is 4.08. The van der Waals surface area contributed by atoms with E-state index < -0.39 is 0 Å². The van der Waals surface area contributed by atoms with E-state index in [2.05, 4.69) is 26.4 Å². The molecule has 2 rings (SSSR count). The van der Waals surface area contributed by atoms with Crippen molar-refractivity contribution in [2.24, 2.45) is 0 Å². The van der Waals surface area contributed by atoms with Crippen LogP contribution in [-0.4, -0.2) is 11.1 Å². The molecular weight excluding hydrogens is 296 g/mol. The van der Waals surface area contributed by atoms with Gasteiger partial charge in [0.05, 0.1) is 12.2 Å². The lowest BCUT2D eigenvalue weighted by Crippen LogP contribution is -2.26. The van der Waals surface area contributed by atoms with Gasteiger partial charge in [-0.3, -0.25) is 4.79 Å².